The lowest BCUT2D eigenvalue weighted by atomic mass is 10.1. The molecular formula is C16H20N4O3. The molecule has 122 valence electrons. The molecule has 1 amide bonds. The van der Waals surface area contributed by atoms with E-state index in [1.165, 1.54) is 16.9 Å². The van der Waals surface area contributed by atoms with E-state index < -0.39 is 4.92 Å². The summed E-state index contributed by atoms with van der Waals surface area (Å²) in [6.45, 7) is 7.76. The van der Waals surface area contributed by atoms with Crippen LogP contribution in [-0.4, -0.2) is 26.7 Å². The summed E-state index contributed by atoms with van der Waals surface area (Å²) in [5, 5.41) is 14.5. The fraction of sp³-hybridized carbons (Fsp3) is 0.375. The van der Waals surface area contributed by atoms with Crippen LogP contribution in [0.3, 0.4) is 0 Å². The fourth-order valence-corrected chi connectivity index (χ4v) is 2.43. The Labute approximate surface area is 134 Å². The van der Waals surface area contributed by atoms with Crippen molar-refractivity contribution in [2.24, 2.45) is 0 Å². The van der Waals surface area contributed by atoms with Gasteiger partial charge in [-0.3, -0.25) is 4.79 Å². The highest BCUT2D eigenvalue weighted by Crippen LogP contribution is 2.24. The van der Waals surface area contributed by atoms with Crippen molar-refractivity contribution in [3.63, 3.8) is 0 Å². The van der Waals surface area contributed by atoms with Crippen LogP contribution in [0.15, 0.2) is 30.5 Å². The molecule has 2 rings (SSSR count). The quantitative estimate of drug-likeness (QED) is 0.627. The van der Waals surface area contributed by atoms with E-state index in [9.17, 15) is 14.9 Å². The number of benzene rings is 1. The smallest absolute Gasteiger partial charge is 0.358 e. The molecule has 0 aliphatic heterocycles. The molecule has 0 spiro atoms. The molecule has 23 heavy (non-hydrogen) atoms. The van der Waals surface area contributed by atoms with Gasteiger partial charge in [-0.15, -0.1) is 0 Å². The second kappa shape index (κ2) is 6.60. The largest absolute Gasteiger partial charge is 0.389 e. The molecular weight excluding hydrogens is 296 g/mol. The van der Waals surface area contributed by atoms with Crippen molar-refractivity contribution in [2.75, 3.05) is 4.90 Å². The molecule has 0 fully saturated rings. The van der Waals surface area contributed by atoms with Crippen LogP contribution >= 0.6 is 0 Å². The van der Waals surface area contributed by atoms with Crippen molar-refractivity contribution in [1.29, 1.82) is 0 Å². The van der Waals surface area contributed by atoms with Crippen LogP contribution in [0.1, 0.15) is 25.0 Å². The molecule has 1 aromatic heterocycles. The molecule has 7 heteroatoms. The average molecular weight is 316 g/mol. The zero-order valence-electron chi connectivity index (χ0n) is 13.7. The molecule has 0 radical (unpaired) electrons. The molecule has 2 aromatic rings. The summed E-state index contributed by atoms with van der Waals surface area (Å²) in [6, 6.07) is 7.20. The first kappa shape index (κ1) is 16.7. The normalized spacial score (nSPS) is 10.8. The lowest BCUT2D eigenvalue weighted by Crippen LogP contribution is -2.39. The van der Waals surface area contributed by atoms with E-state index in [0.717, 1.165) is 16.8 Å². The van der Waals surface area contributed by atoms with Gasteiger partial charge >= 0.3 is 5.82 Å². The Morgan fingerprint density at radius 3 is 2.61 bits per heavy atom. The topological polar surface area (TPSA) is 81.3 Å². The predicted molar refractivity (Wildman–Crippen MR) is 87.4 cm³/mol. The first-order valence-corrected chi connectivity index (χ1v) is 7.36. The maximum Gasteiger partial charge on any atom is 0.389 e. The highest BCUT2D eigenvalue weighted by molar-refractivity contribution is 5.94. The van der Waals surface area contributed by atoms with Gasteiger partial charge in [-0.2, -0.15) is 4.68 Å². The van der Waals surface area contributed by atoms with Gasteiger partial charge in [-0.1, -0.05) is 12.1 Å². The van der Waals surface area contributed by atoms with Crippen LogP contribution < -0.4 is 4.90 Å². The minimum Gasteiger partial charge on any atom is -0.358 e. The third-order valence-corrected chi connectivity index (χ3v) is 3.52. The minimum atomic E-state index is -0.577. The highest BCUT2D eigenvalue weighted by Gasteiger charge is 2.23. The van der Waals surface area contributed by atoms with Gasteiger partial charge in [0.25, 0.3) is 5.91 Å². The number of carbonyl (C=O) groups is 1. The summed E-state index contributed by atoms with van der Waals surface area (Å²) >= 11 is 0. The van der Waals surface area contributed by atoms with Crippen LogP contribution in [0.4, 0.5) is 11.5 Å². The fourth-order valence-electron chi connectivity index (χ4n) is 2.43. The zero-order valence-corrected chi connectivity index (χ0v) is 13.7. The van der Waals surface area contributed by atoms with E-state index in [2.05, 4.69) is 5.10 Å². The number of aryl methyl sites for hydroxylation is 2. The van der Waals surface area contributed by atoms with E-state index in [1.807, 2.05) is 45.9 Å². The number of nitro groups is 1. The Kier molecular flexibility index (Phi) is 4.78. The molecule has 1 heterocycles. The third-order valence-electron chi connectivity index (χ3n) is 3.52. The Hall–Kier alpha value is -2.70. The molecule has 0 saturated carbocycles. The number of nitrogens with zero attached hydrogens (tertiary/aromatic N) is 4. The van der Waals surface area contributed by atoms with Gasteiger partial charge in [0, 0.05) is 11.7 Å². The maximum absolute atomic E-state index is 12.7. The van der Waals surface area contributed by atoms with Gasteiger partial charge < -0.3 is 15.0 Å². The molecule has 0 atom stereocenters. The number of hydrogen-bond acceptors (Lipinski definition) is 4. The predicted octanol–water partition coefficient (Wildman–Crippen LogP) is 2.85. The Bertz CT molecular complexity index is 737. The molecule has 0 aliphatic carbocycles. The Morgan fingerprint density at radius 2 is 2.04 bits per heavy atom. The highest BCUT2D eigenvalue weighted by atomic mass is 16.6. The second-order valence-electron chi connectivity index (χ2n) is 5.78. The molecule has 1 aromatic carbocycles. The number of amides is 1. The first-order chi connectivity index (χ1) is 10.8. The lowest BCUT2D eigenvalue weighted by Gasteiger charge is -2.28. The van der Waals surface area contributed by atoms with Crippen LogP contribution in [-0.2, 0) is 11.3 Å². The van der Waals surface area contributed by atoms with Gasteiger partial charge in [0.1, 0.15) is 6.54 Å². The van der Waals surface area contributed by atoms with Gasteiger partial charge in [0.05, 0.1) is 17.4 Å². The zero-order chi connectivity index (χ0) is 17.1. The van der Waals surface area contributed by atoms with E-state index in [-0.39, 0.29) is 24.3 Å². The van der Waals surface area contributed by atoms with Crippen LogP contribution in [0.25, 0.3) is 0 Å². The molecule has 7 nitrogen and oxygen atoms in total. The van der Waals surface area contributed by atoms with E-state index in [1.54, 1.807) is 4.90 Å². The standard InChI is InChI=1S/C16H20N4O3/c1-11(2)19(14-9-12(3)5-6-13(14)4)16(21)10-18-8-7-15(17-18)20(22)23/h5-9,11H,10H2,1-4H3. The van der Waals surface area contributed by atoms with Gasteiger partial charge in [0.15, 0.2) is 0 Å². The van der Waals surface area contributed by atoms with Crippen molar-refractivity contribution in [1.82, 2.24) is 9.78 Å². The molecule has 0 unspecified atom stereocenters. The molecule has 0 aliphatic rings. The van der Waals surface area contributed by atoms with Crippen LogP contribution in [0, 0.1) is 24.0 Å². The molecule has 0 bridgehead atoms. The summed E-state index contributed by atoms with van der Waals surface area (Å²) < 4.78 is 1.29. The van der Waals surface area contributed by atoms with Crippen LogP contribution in [0.2, 0.25) is 0 Å². The van der Waals surface area contributed by atoms with Crippen molar-refractivity contribution in [3.8, 4) is 0 Å². The van der Waals surface area contributed by atoms with Crippen molar-refractivity contribution in [2.45, 2.75) is 40.3 Å². The first-order valence-electron chi connectivity index (χ1n) is 7.36. The van der Waals surface area contributed by atoms with Crippen LogP contribution in [0.5, 0.6) is 0 Å². The minimum absolute atomic E-state index is 0.0338. The third kappa shape index (κ3) is 3.74. The molecule has 0 saturated heterocycles. The Morgan fingerprint density at radius 1 is 1.35 bits per heavy atom. The summed E-state index contributed by atoms with van der Waals surface area (Å²) in [7, 11) is 0. The maximum atomic E-state index is 12.7. The average Bonchev–Trinajstić information content (AvgIpc) is 2.91. The number of aromatic nitrogens is 2. The Balaban J connectivity index is 2.28. The molecule has 0 N–H and O–H groups in total. The number of hydrogen-bond donors (Lipinski definition) is 0. The summed E-state index contributed by atoms with van der Waals surface area (Å²) in [4.78, 5) is 24.5. The van der Waals surface area contributed by atoms with E-state index in [0.29, 0.717) is 0 Å². The van der Waals surface area contributed by atoms with Gasteiger partial charge in [-0.05, 0) is 49.8 Å². The lowest BCUT2D eigenvalue weighted by molar-refractivity contribution is -0.389. The number of rotatable bonds is 5. The number of carbonyl (C=O) groups excluding carboxylic acids is 1. The monoisotopic (exact) mass is 316 g/mol. The van der Waals surface area contributed by atoms with Crippen molar-refractivity contribution >= 4 is 17.4 Å². The van der Waals surface area contributed by atoms with Crippen molar-refractivity contribution in [3.05, 3.63) is 51.7 Å². The van der Waals surface area contributed by atoms with E-state index >= 15 is 0 Å². The summed E-state index contributed by atoms with van der Waals surface area (Å²) in [5.41, 5.74) is 2.93. The van der Waals surface area contributed by atoms with E-state index in [4.69, 9.17) is 0 Å². The number of anilines is 1. The van der Waals surface area contributed by atoms with Gasteiger partial charge in [0.2, 0.25) is 0 Å². The summed E-state index contributed by atoms with van der Waals surface area (Å²) in [5.74, 6) is -0.424. The SMILES string of the molecule is Cc1ccc(C)c(N(C(=O)Cn2ccc([N+](=O)[O-])n2)C(C)C)c1. The van der Waals surface area contributed by atoms with Crippen molar-refractivity contribution < 1.29 is 9.72 Å². The van der Waals surface area contributed by atoms with Gasteiger partial charge in [-0.25, -0.2) is 0 Å². The summed E-state index contributed by atoms with van der Waals surface area (Å²) in [6.07, 6.45) is 1.44. The second-order valence-corrected chi connectivity index (χ2v) is 5.78.